The molecular weight excluding hydrogens is 460 g/mol. The van der Waals surface area contributed by atoms with E-state index in [-0.39, 0.29) is 24.3 Å². The highest BCUT2D eigenvalue weighted by atomic mass is 16.6. The summed E-state index contributed by atoms with van der Waals surface area (Å²) in [7, 11) is 0. The van der Waals surface area contributed by atoms with Gasteiger partial charge in [0.25, 0.3) is 5.91 Å². The molecule has 3 aliphatic carbocycles. The Hall–Kier alpha value is -2.71. The van der Waals surface area contributed by atoms with Gasteiger partial charge in [0.1, 0.15) is 6.10 Å². The number of amides is 2. The van der Waals surface area contributed by atoms with Crippen LogP contribution < -0.4 is 9.47 Å². The van der Waals surface area contributed by atoms with Gasteiger partial charge in [0.15, 0.2) is 11.5 Å². The largest absolute Gasteiger partial charge is 0.483 e. The average molecular weight is 493 g/mol. The van der Waals surface area contributed by atoms with Gasteiger partial charge in [-0.15, -0.1) is 0 Å². The van der Waals surface area contributed by atoms with Gasteiger partial charge in [-0.1, -0.05) is 12.1 Å². The van der Waals surface area contributed by atoms with E-state index in [9.17, 15) is 19.5 Å². The molecule has 8 nitrogen and oxygen atoms in total. The lowest BCUT2D eigenvalue weighted by Crippen LogP contribution is -2.78. The molecule has 6 aliphatic rings. The first kappa shape index (κ1) is 22.5. The van der Waals surface area contributed by atoms with Crippen LogP contribution in [0.4, 0.5) is 0 Å². The number of rotatable bonds is 4. The zero-order valence-corrected chi connectivity index (χ0v) is 20.8. The third-order valence-electron chi connectivity index (χ3n) is 9.75. The van der Waals surface area contributed by atoms with Crippen LogP contribution in [0.3, 0.4) is 0 Å². The predicted molar refractivity (Wildman–Crippen MR) is 128 cm³/mol. The molecule has 1 aromatic carbocycles. The normalized spacial score (nSPS) is 37.8. The molecule has 8 heteroatoms. The fourth-order valence-corrected chi connectivity index (χ4v) is 8.10. The second-order valence-electron chi connectivity index (χ2n) is 11.5. The summed E-state index contributed by atoms with van der Waals surface area (Å²) in [6.07, 6.45) is 6.08. The SMILES string of the molecule is C/C=C1\CC(=O)N([C@@H]2CC[C@@]3(O)[C@@H]4Cc5ccc(OC(C)=O)c6c5[C@@]3(CCN4CC3CC3)[C@H]2O6)C1=O. The summed E-state index contributed by atoms with van der Waals surface area (Å²) in [5.74, 6) is 0.642. The number of benzene rings is 1. The monoisotopic (exact) mass is 492 g/mol. The number of piperidine rings is 1. The van der Waals surface area contributed by atoms with Crippen molar-refractivity contribution in [2.45, 2.75) is 88.0 Å². The van der Waals surface area contributed by atoms with Gasteiger partial charge < -0.3 is 14.6 Å². The van der Waals surface area contributed by atoms with Gasteiger partial charge >= 0.3 is 5.97 Å². The van der Waals surface area contributed by atoms with Crippen LogP contribution in [0.5, 0.6) is 11.5 Å². The summed E-state index contributed by atoms with van der Waals surface area (Å²) in [5.41, 5.74) is 0.720. The minimum absolute atomic E-state index is 0.0481. The summed E-state index contributed by atoms with van der Waals surface area (Å²) < 4.78 is 12.2. The number of aliphatic hydroxyl groups is 1. The zero-order chi connectivity index (χ0) is 25.0. The number of hydrogen-bond acceptors (Lipinski definition) is 7. The molecule has 3 heterocycles. The van der Waals surface area contributed by atoms with E-state index in [0.717, 1.165) is 24.2 Å². The molecule has 1 N–H and O–H groups in total. The van der Waals surface area contributed by atoms with E-state index < -0.39 is 29.1 Å². The Morgan fingerprint density at radius 2 is 2.06 bits per heavy atom. The molecule has 2 bridgehead atoms. The molecule has 2 saturated heterocycles. The van der Waals surface area contributed by atoms with Crippen LogP contribution >= 0.6 is 0 Å². The van der Waals surface area contributed by atoms with E-state index in [1.807, 2.05) is 6.07 Å². The van der Waals surface area contributed by atoms with E-state index in [1.54, 1.807) is 19.1 Å². The third-order valence-corrected chi connectivity index (χ3v) is 9.75. The maximum atomic E-state index is 13.3. The number of esters is 1. The first-order valence-corrected chi connectivity index (χ1v) is 13.3. The average Bonchev–Trinajstić information content (AvgIpc) is 3.51. The van der Waals surface area contributed by atoms with Gasteiger partial charge in [0.2, 0.25) is 5.91 Å². The number of carbonyl (C=O) groups excluding carboxylic acids is 3. The minimum atomic E-state index is -1.05. The number of carbonyl (C=O) groups is 3. The van der Waals surface area contributed by atoms with Crippen molar-refractivity contribution < 1.29 is 29.0 Å². The van der Waals surface area contributed by atoms with Crippen LogP contribution in [0.2, 0.25) is 0 Å². The van der Waals surface area contributed by atoms with Crippen LogP contribution in [-0.4, -0.2) is 69.6 Å². The summed E-state index contributed by atoms with van der Waals surface area (Å²) in [6, 6.07) is 3.26. The maximum Gasteiger partial charge on any atom is 0.308 e. The standard InChI is InChI=1S/C28H32N2O6/c1-3-17-13-22(32)30(26(17)33)19-8-9-28(34)21-12-18-6-7-20(35-15(2)31)24-23(18)27(28,25(19)36-24)10-11-29(21)14-16-4-5-16/h3,6-7,16,19,21,25,34H,4-5,8-14H2,1-2H3/b17-3+/t19-,21+,25+,27+,28-/m1/s1. The molecule has 2 amide bonds. The van der Waals surface area contributed by atoms with Crippen molar-refractivity contribution in [2.75, 3.05) is 13.1 Å². The molecule has 0 aromatic heterocycles. The fourth-order valence-electron chi connectivity index (χ4n) is 8.10. The van der Waals surface area contributed by atoms with E-state index in [0.29, 0.717) is 48.7 Å². The predicted octanol–water partition coefficient (Wildman–Crippen LogP) is 2.25. The Kier molecular flexibility index (Phi) is 4.63. The van der Waals surface area contributed by atoms with Gasteiger partial charge in [0, 0.05) is 30.6 Å². The van der Waals surface area contributed by atoms with Gasteiger partial charge in [-0.3, -0.25) is 24.2 Å². The topological polar surface area (TPSA) is 96.4 Å². The second kappa shape index (κ2) is 7.42. The van der Waals surface area contributed by atoms with Crippen molar-refractivity contribution in [2.24, 2.45) is 5.92 Å². The molecule has 0 unspecified atom stereocenters. The number of ether oxygens (including phenoxy) is 2. The molecule has 2 saturated carbocycles. The Morgan fingerprint density at radius 1 is 1.25 bits per heavy atom. The molecular formula is C28H32N2O6. The van der Waals surface area contributed by atoms with Crippen LogP contribution in [0, 0.1) is 5.92 Å². The molecule has 190 valence electrons. The van der Waals surface area contributed by atoms with Crippen molar-refractivity contribution >= 4 is 17.8 Å². The molecule has 7 rings (SSSR count). The van der Waals surface area contributed by atoms with E-state index in [4.69, 9.17) is 9.47 Å². The van der Waals surface area contributed by atoms with Crippen LogP contribution in [0.1, 0.15) is 63.5 Å². The number of allylic oxidation sites excluding steroid dienone is 1. The summed E-state index contributed by atoms with van der Waals surface area (Å²) in [5, 5.41) is 12.6. The zero-order valence-electron chi connectivity index (χ0n) is 20.8. The highest BCUT2D eigenvalue weighted by molar-refractivity contribution is 6.13. The first-order chi connectivity index (χ1) is 17.3. The van der Waals surface area contributed by atoms with Crippen LogP contribution in [0.25, 0.3) is 0 Å². The van der Waals surface area contributed by atoms with Crippen LogP contribution in [-0.2, 0) is 26.2 Å². The Labute approximate surface area is 210 Å². The lowest BCUT2D eigenvalue weighted by molar-refractivity contribution is -0.201. The number of hydrogen-bond donors (Lipinski definition) is 1. The van der Waals surface area contributed by atoms with Gasteiger partial charge in [-0.25, -0.2) is 0 Å². The Bertz CT molecular complexity index is 1240. The highest BCUT2D eigenvalue weighted by Gasteiger charge is 2.74. The number of imide groups is 1. The molecule has 0 radical (unpaired) electrons. The number of likely N-dealkylation sites (tertiary alicyclic amines) is 2. The number of nitrogens with zero attached hydrogens (tertiary/aromatic N) is 2. The fraction of sp³-hybridized carbons (Fsp3) is 0.607. The summed E-state index contributed by atoms with van der Waals surface area (Å²) >= 11 is 0. The van der Waals surface area contributed by atoms with Crippen molar-refractivity contribution in [3.05, 3.63) is 34.9 Å². The van der Waals surface area contributed by atoms with E-state index in [2.05, 4.69) is 4.90 Å². The molecule has 1 spiro atoms. The Balaban J connectivity index is 1.39. The second-order valence-corrected chi connectivity index (χ2v) is 11.5. The van der Waals surface area contributed by atoms with Gasteiger partial charge in [-0.2, -0.15) is 0 Å². The first-order valence-electron chi connectivity index (χ1n) is 13.3. The molecule has 3 aliphatic heterocycles. The van der Waals surface area contributed by atoms with Crippen molar-refractivity contribution in [3.63, 3.8) is 0 Å². The van der Waals surface area contributed by atoms with E-state index in [1.165, 1.54) is 24.7 Å². The molecule has 36 heavy (non-hydrogen) atoms. The lowest BCUT2D eigenvalue weighted by atomic mass is 9.48. The van der Waals surface area contributed by atoms with Crippen molar-refractivity contribution in [3.8, 4) is 11.5 Å². The molecule has 4 fully saturated rings. The van der Waals surface area contributed by atoms with Crippen LogP contribution in [0.15, 0.2) is 23.8 Å². The molecule has 5 atom stereocenters. The summed E-state index contributed by atoms with van der Waals surface area (Å²) in [4.78, 5) is 42.1. The minimum Gasteiger partial charge on any atom is -0.483 e. The van der Waals surface area contributed by atoms with Gasteiger partial charge in [0.05, 0.1) is 23.5 Å². The third kappa shape index (κ3) is 2.74. The molecule has 1 aromatic rings. The summed E-state index contributed by atoms with van der Waals surface area (Å²) in [6.45, 7) is 4.97. The highest BCUT2D eigenvalue weighted by Crippen LogP contribution is 2.66. The van der Waals surface area contributed by atoms with Gasteiger partial charge in [-0.05, 0) is 69.5 Å². The smallest absolute Gasteiger partial charge is 0.308 e. The van der Waals surface area contributed by atoms with E-state index >= 15 is 0 Å². The Morgan fingerprint density at radius 3 is 2.75 bits per heavy atom. The van der Waals surface area contributed by atoms with Crippen molar-refractivity contribution in [1.29, 1.82) is 0 Å². The lowest BCUT2D eigenvalue weighted by Gasteiger charge is -2.64. The van der Waals surface area contributed by atoms with Crippen molar-refractivity contribution in [1.82, 2.24) is 9.80 Å². The maximum absolute atomic E-state index is 13.3. The quantitative estimate of drug-likeness (QED) is 0.298.